The minimum atomic E-state index is 0.0655. The molecule has 1 aromatic rings. The molecule has 22 heavy (non-hydrogen) atoms. The molecule has 1 atom stereocenters. The van der Waals surface area contributed by atoms with Crippen LogP contribution in [0.4, 0.5) is 0 Å². The number of nitrogens with zero attached hydrogens (tertiary/aromatic N) is 2. The van der Waals surface area contributed by atoms with Gasteiger partial charge in [0.15, 0.2) is 0 Å². The third-order valence-electron chi connectivity index (χ3n) is 4.81. The first-order valence-electron chi connectivity index (χ1n) is 8.45. The Morgan fingerprint density at radius 3 is 2.59 bits per heavy atom. The fourth-order valence-electron chi connectivity index (χ4n) is 3.53. The maximum Gasteiger partial charge on any atom is 0.225 e. The molecule has 2 aliphatic rings. The molecule has 1 N–H and O–H groups in total. The maximum absolute atomic E-state index is 12.7. The highest BCUT2D eigenvalue weighted by molar-refractivity contribution is 5.78. The average molecular weight is 301 g/mol. The number of nitrogens with one attached hydrogen (secondary N) is 1. The molecular formula is C18H27N3O. The number of benzene rings is 1. The van der Waals surface area contributed by atoms with Crippen molar-refractivity contribution in [3.63, 3.8) is 0 Å². The molecule has 4 heteroatoms. The first-order valence-corrected chi connectivity index (χ1v) is 8.45. The molecule has 0 bridgehead atoms. The third kappa shape index (κ3) is 3.33. The van der Waals surface area contributed by atoms with Crippen LogP contribution in [0, 0.1) is 5.92 Å². The first-order chi connectivity index (χ1) is 10.6. The second-order valence-electron chi connectivity index (χ2n) is 6.80. The number of hydrogen-bond acceptors (Lipinski definition) is 3. The summed E-state index contributed by atoms with van der Waals surface area (Å²) in [7, 11) is 0. The van der Waals surface area contributed by atoms with E-state index in [4.69, 9.17) is 0 Å². The lowest BCUT2D eigenvalue weighted by Gasteiger charge is -2.41. The number of carbonyl (C=O) groups excluding carboxylic acids is 1. The molecule has 1 amide bonds. The van der Waals surface area contributed by atoms with Crippen molar-refractivity contribution < 1.29 is 4.79 Å². The topological polar surface area (TPSA) is 35.6 Å². The molecule has 0 spiro atoms. The molecule has 2 heterocycles. The summed E-state index contributed by atoms with van der Waals surface area (Å²) >= 11 is 0. The van der Waals surface area contributed by atoms with E-state index < -0.39 is 0 Å². The van der Waals surface area contributed by atoms with Gasteiger partial charge in [0.2, 0.25) is 5.91 Å². The molecule has 0 aliphatic carbocycles. The number of hydrogen-bond donors (Lipinski definition) is 1. The van der Waals surface area contributed by atoms with Crippen LogP contribution in [0.2, 0.25) is 0 Å². The van der Waals surface area contributed by atoms with Crippen molar-refractivity contribution in [3.8, 4) is 0 Å². The second kappa shape index (κ2) is 6.80. The van der Waals surface area contributed by atoms with Crippen LogP contribution in [0.15, 0.2) is 24.3 Å². The number of fused-ring (bicyclic) bond motifs is 1. The van der Waals surface area contributed by atoms with Crippen molar-refractivity contribution in [1.82, 2.24) is 15.1 Å². The Balaban J connectivity index is 1.79. The number of carbonyl (C=O) groups is 1. The zero-order valence-corrected chi connectivity index (χ0v) is 13.7. The predicted octanol–water partition coefficient (Wildman–Crippen LogP) is 1.50. The summed E-state index contributed by atoms with van der Waals surface area (Å²) in [6.45, 7) is 10.1. The molecule has 1 aromatic carbocycles. The van der Waals surface area contributed by atoms with Crippen molar-refractivity contribution in [2.45, 2.75) is 32.9 Å². The summed E-state index contributed by atoms with van der Waals surface area (Å²) < 4.78 is 0. The van der Waals surface area contributed by atoms with Crippen LogP contribution in [0.25, 0.3) is 0 Å². The Kier molecular flexibility index (Phi) is 4.79. The molecule has 3 rings (SSSR count). The lowest BCUT2D eigenvalue weighted by Crippen LogP contribution is -2.54. The van der Waals surface area contributed by atoms with Gasteiger partial charge in [0, 0.05) is 51.2 Å². The van der Waals surface area contributed by atoms with Crippen LogP contribution < -0.4 is 5.32 Å². The molecule has 0 saturated carbocycles. The molecule has 0 unspecified atom stereocenters. The quantitative estimate of drug-likeness (QED) is 0.919. The van der Waals surface area contributed by atoms with Crippen molar-refractivity contribution in [3.05, 3.63) is 35.4 Å². The van der Waals surface area contributed by atoms with E-state index in [-0.39, 0.29) is 11.8 Å². The second-order valence-corrected chi connectivity index (χ2v) is 6.80. The first kappa shape index (κ1) is 15.5. The molecule has 4 nitrogen and oxygen atoms in total. The van der Waals surface area contributed by atoms with Gasteiger partial charge < -0.3 is 10.2 Å². The maximum atomic E-state index is 12.7. The highest BCUT2D eigenvalue weighted by atomic mass is 16.2. The van der Waals surface area contributed by atoms with Crippen LogP contribution in [0.5, 0.6) is 0 Å². The molecule has 1 saturated heterocycles. The zero-order chi connectivity index (χ0) is 15.5. The zero-order valence-electron chi connectivity index (χ0n) is 13.7. The van der Waals surface area contributed by atoms with E-state index in [0.717, 1.165) is 45.7 Å². The SMILES string of the molecule is CC(C)C(=O)N1Cc2ccccc2C[C@H]1CN1CCNCC1. The molecule has 0 radical (unpaired) electrons. The average Bonchev–Trinajstić information content (AvgIpc) is 2.54. The van der Waals surface area contributed by atoms with E-state index >= 15 is 0 Å². The highest BCUT2D eigenvalue weighted by Gasteiger charge is 2.32. The molecular weight excluding hydrogens is 274 g/mol. The summed E-state index contributed by atoms with van der Waals surface area (Å²) in [5.74, 6) is 0.352. The van der Waals surface area contributed by atoms with Gasteiger partial charge in [-0.05, 0) is 17.5 Å². The number of piperazine rings is 1. The smallest absolute Gasteiger partial charge is 0.225 e. The predicted molar refractivity (Wildman–Crippen MR) is 88.6 cm³/mol. The lowest BCUT2D eigenvalue weighted by atomic mass is 9.92. The lowest BCUT2D eigenvalue weighted by molar-refractivity contribution is -0.138. The normalized spacial score (nSPS) is 22.7. The van der Waals surface area contributed by atoms with E-state index in [1.54, 1.807) is 0 Å². The Hall–Kier alpha value is -1.39. The Labute approximate surface area is 133 Å². The minimum absolute atomic E-state index is 0.0655. The van der Waals surface area contributed by atoms with Crippen LogP contribution >= 0.6 is 0 Å². The van der Waals surface area contributed by atoms with E-state index in [1.807, 2.05) is 13.8 Å². The van der Waals surface area contributed by atoms with Crippen LogP contribution in [-0.4, -0.2) is 54.5 Å². The molecule has 0 aromatic heterocycles. The fraction of sp³-hybridized carbons (Fsp3) is 0.611. The van der Waals surface area contributed by atoms with Crippen LogP contribution in [0.3, 0.4) is 0 Å². The van der Waals surface area contributed by atoms with Crippen molar-refractivity contribution >= 4 is 5.91 Å². The van der Waals surface area contributed by atoms with E-state index in [9.17, 15) is 4.79 Å². The minimum Gasteiger partial charge on any atom is -0.334 e. The van der Waals surface area contributed by atoms with Gasteiger partial charge in [-0.25, -0.2) is 0 Å². The fourth-order valence-corrected chi connectivity index (χ4v) is 3.53. The van der Waals surface area contributed by atoms with Gasteiger partial charge in [0.05, 0.1) is 0 Å². The summed E-state index contributed by atoms with van der Waals surface area (Å²) in [6, 6.07) is 8.88. The molecule has 120 valence electrons. The van der Waals surface area contributed by atoms with Gasteiger partial charge in [0.25, 0.3) is 0 Å². The summed E-state index contributed by atoms with van der Waals surface area (Å²) in [6.07, 6.45) is 0.985. The highest BCUT2D eigenvalue weighted by Crippen LogP contribution is 2.25. The number of rotatable bonds is 3. The monoisotopic (exact) mass is 301 g/mol. The van der Waals surface area contributed by atoms with Crippen molar-refractivity contribution in [1.29, 1.82) is 0 Å². The third-order valence-corrected chi connectivity index (χ3v) is 4.81. The molecule has 2 aliphatic heterocycles. The Bertz CT molecular complexity index is 523. The van der Waals surface area contributed by atoms with Gasteiger partial charge in [-0.2, -0.15) is 0 Å². The van der Waals surface area contributed by atoms with Crippen LogP contribution in [0.1, 0.15) is 25.0 Å². The largest absolute Gasteiger partial charge is 0.334 e. The van der Waals surface area contributed by atoms with Gasteiger partial charge in [-0.15, -0.1) is 0 Å². The van der Waals surface area contributed by atoms with Gasteiger partial charge in [-0.3, -0.25) is 9.69 Å². The Morgan fingerprint density at radius 2 is 1.91 bits per heavy atom. The van der Waals surface area contributed by atoms with E-state index in [0.29, 0.717) is 6.04 Å². The summed E-state index contributed by atoms with van der Waals surface area (Å²) in [4.78, 5) is 17.3. The van der Waals surface area contributed by atoms with Gasteiger partial charge in [0.1, 0.15) is 0 Å². The summed E-state index contributed by atoms with van der Waals surface area (Å²) in [5.41, 5.74) is 2.73. The van der Waals surface area contributed by atoms with Gasteiger partial charge in [-0.1, -0.05) is 38.1 Å². The summed E-state index contributed by atoms with van der Waals surface area (Å²) in [5, 5.41) is 3.40. The van der Waals surface area contributed by atoms with Crippen LogP contribution in [-0.2, 0) is 17.8 Å². The van der Waals surface area contributed by atoms with Crippen molar-refractivity contribution in [2.75, 3.05) is 32.7 Å². The molecule has 1 fully saturated rings. The van der Waals surface area contributed by atoms with Crippen molar-refractivity contribution in [2.24, 2.45) is 5.92 Å². The van der Waals surface area contributed by atoms with E-state index in [2.05, 4.69) is 39.4 Å². The number of amides is 1. The Morgan fingerprint density at radius 1 is 1.23 bits per heavy atom. The standard InChI is InChI=1S/C18H27N3O/c1-14(2)18(22)21-12-16-6-4-3-5-15(16)11-17(21)13-20-9-7-19-8-10-20/h3-6,14,17,19H,7-13H2,1-2H3/t17-/m0/s1. The van der Waals surface area contributed by atoms with E-state index in [1.165, 1.54) is 11.1 Å². The van der Waals surface area contributed by atoms with Gasteiger partial charge >= 0.3 is 0 Å².